The first-order valence-corrected chi connectivity index (χ1v) is 11.0. The summed E-state index contributed by atoms with van der Waals surface area (Å²) < 4.78 is 16.1. The van der Waals surface area contributed by atoms with Crippen LogP contribution in [0.4, 0.5) is 0 Å². The standard InChI is InChI=1S/C25H23NO6S/c1-30-18-9-5-4-8-17(18)22-21(23(27)15-10-11-19(31-2)20(13-15)32-3)24(28)25(29)26(22)14-16-7-6-12-33-16/h4-13,22,27H,14H2,1-3H3/b23-21+. The summed E-state index contributed by atoms with van der Waals surface area (Å²) in [5.41, 5.74) is 0.938. The van der Waals surface area contributed by atoms with E-state index in [1.807, 2.05) is 23.6 Å². The fourth-order valence-electron chi connectivity index (χ4n) is 3.97. The average Bonchev–Trinajstić information content (AvgIpc) is 3.45. The van der Waals surface area contributed by atoms with Gasteiger partial charge in [-0.2, -0.15) is 0 Å². The number of rotatable bonds is 7. The molecule has 33 heavy (non-hydrogen) atoms. The van der Waals surface area contributed by atoms with E-state index in [9.17, 15) is 14.7 Å². The lowest BCUT2D eigenvalue weighted by atomic mass is 9.94. The highest BCUT2D eigenvalue weighted by Crippen LogP contribution is 2.44. The Morgan fingerprint density at radius 1 is 0.939 bits per heavy atom. The minimum atomic E-state index is -0.823. The third kappa shape index (κ3) is 4.05. The molecule has 4 rings (SSSR count). The van der Waals surface area contributed by atoms with E-state index in [0.717, 1.165) is 4.88 Å². The van der Waals surface area contributed by atoms with E-state index < -0.39 is 17.7 Å². The highest BCUT2D eigenvalue weighted by atomic mass is 32.1. The van der Waals surface area contributed by atoms with Crippen molar-refractivity contribution in [2.24, 2.45) is 0 Å². The number of benzene rings is 2. The largest absolute Gasteiger partial charge is 0.507 e. The van der Waals surface area contributed by atoms with Gasteiger partial charge in [-0.25, -0.2) is 0 Å². The van der Waals surface area contributed by atoms with E-state index in [1.165, 1.54) is 37.6 Å². The second-order valence-electron chi connectivity index (χ2n) is 7.32. The van der Waals surface area contributed by atoms with E-state index in [4.69, 9.17) is 14.2 Å². The molecule has 0 spiro atoms. The van der Waals surface area contributed by atoms with Gasteiger partial charge in [0.25, 0.3) is 11.7 Å². The predicted molar refractivity (Wildman–Crippen MR) is 125 cm³/mol. The second kappa shape index (κ2) is 9.38. The fraction of sp³-hybridized carbons (Fsp3) is 0.200. The zero-order chi connectivity index (χ0) is 23.5. The lowest BCUT2D eigenvalue weighted by Gasteiger charge is -2.26. The number of methoxy groups -OCH3 is 3. The average molecular weight is 466 g/mol. The number of amides is 1. The number of aliphatic hydroxyl groups excluding tert-OH is 1. The Morgan fingerprint density at radius 3 is 2.33 bits per heavy atom. The number of hydrogen-bond acceptors (Lipinski definition) is 7. The third-order valence-electron chi connectivity index (χ3n) is 5.54. The van der Waals surface area contributed by atoms with Crippen LogP contribution in [0.3, 0.4) is 0 Å². The summed E-state index contributed by atoms with van der Waals surface area (Å²) >= 11 is 1.49. The van der Waals surface area contributed by atoms with Gasteiger partial charge in [0.1, 0.15) is 11.5 Å². The zero-order valence-electron chi connectivity index (χ0n) is 18.4. The Kier molecular flexibility index (Phi) is 6.37. The first-order chi connectivity index (χ1) is 16.0. The molecular weight excluding hydrogens is 442 g/mol. The molecule has 1 aliphatic rings. The van der Waals surface area contributed by atoms with E-state index in [0.29, 0.717) is 28.4 Å². The van der Waals surface area contributed by atoms with Gasteiger partial charge in [-0.15, -0.1) is 11.3 Å². The normalized spacial score (nSPS) is 17.3. The van der Waals surface area contributed by atoms with Gasteiger partial charge in [0, 0.05) is 16.0 Å². The maximum Gasteiger partial charge on any atom is 0.295 e. The van der Waals surface area contributed by atoms with Crippen molar-refractivity contribution in [1.82, 2.24) is 4.90 Å². The molecule has 8 heteroatoms. The van der Waals surface area contributed by atoms with Crippen LogP contribution in [-0.4, -0.2) is 43.0 Å². The second-order valence-corrected chi connectivity index (χ2v) is 8.35. The quantitative estimate of drug-likeness (QED) is 0.316. The summed E-state index contributed by atoms with van der Waals surface area (Å²) in [6.45, 7) is 0.230. The van der Waals surface area contributed by atoms with Gasteiger partial charge in [-0.1, -0.05) is 24.3 Å². The third-order valence-corrected chi connectivity index (χ3v) is 6.40. The van der Waals surface area contributed by atoms with Crippen LogP contribution in [0.1, 0.15) is 22.0 Å². The lowest BCUT2D eigenvalue weighted by molar-refractivity contribution is -0.140. The van der Waals surface area contributed by atoms with Crippen LogP contribution in [0.25, 0.3) is 5.76 Å². The van der Waals surface area contributed by atoms with Crippen molar-refractivity contribution in [3.8, 4) is 17.2 Å². The van der Waals surface area contributed by atoms with E-state index in [-0.39, 0.29) is 17.9 Å². The number of aliphatic hydroxyl groups is 1. The van der Waals surface area contributed by atoms with E-state index in [2.05, 4.69) is 0 Å². The van der Waals surface area contributed by atoms with E-state index in [1.54, 1.807) is 36.4 Å². The number of carbonyl (C=O) groups excluding carboxylic acids is 2. The SMILES string of the molecule is COc1ccc(/C(O)=C2\C(=O)C(=O)N(Cc3cccs3)C2c2ccccc2OC)cc1OC. The summed E-state index contributed by atoms with van der Waals surface area (Å²) in [4.78, 5) is 28.7. The van der Waals surface area contributed by atoms with Gasteiger partial charge in [0.15, 0.2) is 11.5 Å². The molecule has 0 radical (unpaired) electrons. The Balaban J connectivity index is 1.91. The molecule has 7 nitrogen and oxygen atoms in total. The zero-order valence-corrected chi connectivity index (χ0v) is 19.2. The number of ketones is 1. The van der Waals surface area contributed by atoms with Gasteiger partial charge >= 0.3 is 0 Å². The molecule has 1 fully saturated rings. The van der Waals surface area contributed by atoms with Gasteiger partial charge in [-0.05, 0) is 35.7 Å². The molecular formula is C25H23NO6S. The molecule has 1 amide bonds. The summed E-state index contributed by atoms with van der Waals surface area (Å²) in [6.07, 6.45) is 0. The molecule has 1 aromatic heterocycles. The molecule has 0 aliphatic carbocycles. The Labute approximate surface area is 195 Å². The van der Waals surface area contributed by atoms with Crippen LogP contribution in [0.2, 0.25) is 0 Å². The van der Waals surface area contributed by atoms with Crippen LogP contribution in [0.15, 0.2) is 65.6 Å². The predicted octanol–water partition coefficient (Wildman–Crippen LogP) is 4.40. The van der Waals surface area contributed by atoms with Crippen molar-refractivity contribution in [1.29, 1.82) is 0 Å². The highest BCUT2D eigenvalue weighted by Gasteiger charge is 2.47. The van der Waals surface area contributed by atoms with Crippen molar-refractivity contribution < 1.29 is 28.9 Å². The molecule has 1 saturated heterocycles. The van der Waals surface area contributed by atoms with Gasteiger partial charge in [0.05, 0.1) is 39.5 Å². The van der Waals surface area contributed by atoms with Crippen molar-refractivity contribution in [3.05, 3.63) is 81.6 Å². The van der Waals surface area contributed by atoms with Crippen LogP contribution < -0.4 is 14.2 Å². The maximum atomic E-state index is 13.2. The minimum absolute atomic E-state index is 0.00623. The van der Waals surface area contributed by atoms with Crippen molar-refractivity contribution in [3.63, 3.8) is 0 Å². The van der Waals surface area contributed by atoms with Gasteiger partial charge in [-0.3, -0.25) is 9.59 Å². The molecule has 2 heterocycles. The minimum Gasteiger partial charge on any atom is -0.507 e. The fourth-order valence-corrected chi connectivity index (χ4v) is 4.67. The number of likely N-dealkylation sites (tertiary alicyclic amines) is 1. The molecule has 1 unspecified atom stereocenters. The summed E-state index contributed by atoms with van der Waals surface area (Å²) in [7, 11) is 4.52. The summed E-state index contributed by atoms with van der Waals surface area (Å²) in [5.74, 6) is -0.342. The Bertz CT molecular complexity index is 1220. The molecule has 2 aromatic carbocycles. The number of ether oxygens (including phenoxy) is 3. The monoisotopic (exact) mass is 465 g/mol. The number of para-hydroxylation sites is 1. The van der Waals surface area contributed by atoms with Crippen LogP contribution in [-0.2, 0) is 16.1 Å². The maximum absolute atomic E-state index is 13.2. The van der Waals surface area contributed by atoms with Gasteiger partial charge < -0.3 is 24.2 Å². The number of Topliss-reactive ketones (excluding diaryl/α,β-unsaturated/α-hetero) is 1. The number of hydrogen-bond donors (Lipinski definition) is 1. The first kappa shape index (κ1) is 22.4. The molecule has 0 bridgehead atoms. The molecule has 170 valence electrons. The number of nitrogens with zero attached hydrogens (tertiary/aromatic N) is 1. The topological polar surface area (TPSA) is 85.3 Å². The van der Waals surface area contributed by atoms with Crippen molar-refractivity contribution in [2.45, 2.75) is 12.6 Å². The van der Waals surface area contributed by atoms with Crippen molar-refractivity contribution >= 4 is 28.8 Å². The molecule has 1 aliphatic heterocycles. The van der Waals surface area contributed by atoms with Crippen LogP contribution in [0, 0.1) is 0 Å². The van der Waals surface area contributed by atoms with Gasteiger partial charge in [0.2, 0.25) is 0 Å². The first-order valence-electron chi connectivity index (χ1n) is 10.2. The number of thiophene rings is 1. The van der Waals surface area contributed by atoms with Crippen LogP contribution >= 0.6 is 11.3 Å². The molecule has 0 saturated carbocycles. The highest BCUT2D eigenvalue weighted by molar-refractivity contribution is 7.09. The summed E-state index contributed by atoms with van der Waals surface area (Å²) in [6, 6.07) is 14.9. The molecule has 3 aromatic rings. The lowest BCUT2D eigenvalue weighted by Crippen LogP contribution is -2.29. The van der Waals surface area contributed by atoms with Crippen LogP contribution in [0.5, 0.6) is 17.2 Å². The molecule has 1 N–H and O–H groups in total. The number of carbonyl (C=O) groups is 2. The summed E-state index contributed by atoms with van der Waals surface area (Å²) in [5, 5.41) is 13.2. The molecule has 1 atom stereocenters. The Hall–Kier alpha value is -3.78. The smallest absolute Gasteiger partial charge is 0.295 e. The Morgan fingerprint density at radius 2 is 1.67 bits per heavy atom. The van der Waals surface area contributed by atoms with Crippen molar-refractivity contribution in [2.75, 3.05) is 21.3 Å². The van der Waals surface area contributed by atoms with E-state index >= 15 is 0 Å².